The van der Waals surface area contributed by atoms with E-state index in [1.807, 2.05) is 6.92 Å². The Morgan fingerprint density at radius 1 is 1.56 bits per heavy atom. The van der Waals surface area contributed by atoms with Gasteiger partial charge in [0.25, 0.3) is 0 Å². The number of rotatable bonds is 3. The molecule has 0 aromatic heterocycles. The maximum Gasteiger partial charge on any atom is -0.0311 e. The van der Waals surface area contributed by atoms with Crippen molar-refractivity contribution in [3.8, 4) is 0 Å². The summed E-state index contributed by atoms with van der Waals surface area (Å²) in [6.45, 7) is 7.93. The van der Waals surface area contributed by atoms with Gasteiger partial charge in [0.2, 0.25) is 0 Å². The summed E-state index contributed by atoms with van der Waals surface area (Å²) in [7, 11) is 0. The van der Waals surface area contributed by atoms with E-state index >= 15 is 0 Å². The van der Waals surface area contributed by atoms with Crippen LogP contribution in [0.1, 0.15) is 26.7 Å². The minimum absolute atomic E-state index is 0.896. The Bertz CT molecular complexity index is 107. The van der Waals surface area contributed by atoms with Gasteiger partial charge in [-0.2, -0.15) is 0 Å². The summed E-state index contributed by atoms with van der Waals surface area (Å²) in [6.07, 6.45) is 8.35. The Morgan fingerprint density at radius 3 is 2.56 bits per heavy atom. The highest BCUT2D eigenvalue weighted by atomic mass is 13.9. The largest absolute Gasteiger partial charge is 0.0874 e. The fourth-order valence-electron chi connectivity index (χ4n) is 0.730. The van der Waals surface area contributed by atoms with Crippen LogP contribution in [0.5, 0.6) is 0 Å². The molecule has 1 radical (unpaired) electrons. The lowest BCUT2D eigenvalue weighted by Crippen LogP contribution is -1.72. The molecule has 0 aliphatic rings. The van der Waals surface area contributed by atoms with E-state index in [1.165, 1.54) is 5.57 Å². The molecule has 0 saturated carbocycles. The molecule has 9 heavy (non-hydrogen) atoms. The molecule has 0 aromatic carbocycles. The average Bonchev–Trinajstić information content (AvgIpc) is 1.88. The number of hydrogen-bond acceptors (Lipinski definition) is 0. The van der Waals surface area contributed by atoms with Crippen LogP contribution in [0.4, 0.5) is 0 Å². The topological polar surface area (TPSA) is 0 Å². The summed E-state index contributed by atoms with van der Waals surface area (Å²) in [5.74, 6) is 0. The standard InChI is InChI=1S/C9H15/c1-4-7-9(6-3)8-5-2/h5,7-8H,1,4,6H2,2-3H3. The van der Waals surface area contributed by atoms with E-state index < -0.39 is 0 Å². The van der Waals surface area contributed by atoms with Gasteiger partial charge in [-0.3, -0.25) is 0 Å². The van der Waals surface area contributed by atoms with Gasteiger partial charge in [0.05, 0.1) is 0 Å². The minimum atomic E-state index is 0.896. The van der Waals surface area contributed by atoms with E-state index in [0.717, 1.165) is 12.8 Å². The van der Waals surface area contributed by atoms with Crippen molar-refractivity contribution in [2.24, 2.45) is 0 Å². The van der Waals surface area contributed by atoms with Crippen molar-refractivity contribution < 1.29 is 0 Å². The first-order chi connectivity index (χ1) is 4.35. The normalized spacial score (nSPS) is 13.0. The van der Waals surface area contributed by atoms with E-state index in [4.69, 9.17) is 0 Å². The van der Waals surface area contributed by atoms with Crippen molar-refractivity contribution >= 4 is 0 Å². The third kappa shape index (κ3) is 4.01. The van der Waals surface area contributed by atoms with E-state index in [9.17, 15) is 0 Å². The third-order valence-corrected chi connectivity index (χ3v) is 1.20. The van der Waals surface area contributed by atoms with Gasteiger partial charge in [0, 0.05) is 0 Å². The van der Waals surface area contributed by atoms with Crippen molar-refractivity contribution in [1.29, 1.82) is 0 Å². The molecule has 0 spiro atoms. The van der Waals surface area contributed by atoms with Crippen LogP contribution < -0.4 is 0 Å². The maximum atomic E-state index is 3.75. The Hall–Kier alpha value is -0.520. The third-order valence-electron chi connectivity index (χ3n) is 1.20. The molecule has 0 aliphatic heterocycles. The van der Waals surface area contributed by atoms with Gasteiger partial charge < -0.3 is 0 Å². The molecule has 0 aliphatic carbocycles. The van der Waals surface area contributed by atoms with E-state index in [-0.39, 0.29) is 0 Å². The lowest BCUT2D eigenvalue weighted by Gasteiger charge is -1.92. The van der Waals surface area contributed by atoms with Crippen LogP contribution >= 0.6 is 0 Å². The van der Waals surface area contributed by atoms with Crippen molar-refractivity contribution in [2.45, 2.75) is 26.7 Å². The average molecular weight is 123 g/mol. The summed E-state index contributed by atoms with van der Waals surface area (Å²) in [4.78, 5) is 0. The predicted octanol–water partition coefficient (Wildman–Crippen LogP) is 3.12. The summed E-state index contributed by atoms with van der Waals surface area (Å²) < 4.78 is 0. The molecular formula is C9H15. The molecule has 51 valence electrons. The van der Waals surface area contributed by atoms with Crippen molar-refractivity contribution in [1.82, 2.24) is 0 Å². The highest BCUT2D eigenvalue weighted by molar-refractivity contribution is 5.17. The quantitative estimate of drug-likeness (QED) is 0.506. The molecule has 0 heterocycles. The van der Waals surface area contributed by atoms with Crippen molar-refractivity contribution in [2.75, 3.05) is 0 Å². The molecule has 0 bridgehead atoms. The lowest BCUT2D eigenvalue weighted by atomic mass is 10.1. The van der Waals surface area contributed by atoms with E-state index in [0.29, 0.717) is 0 Å². The van der Waals surface area contributed by atoms with Gasteiger partial charge in [0.1, 0.15) is 0 Å². The molecule has 0 rings (SSSR count). The zero-order chi connectivity index (χ0) is 7.11. The van der Waals surface area contributed by atoms with Gasteiger partial charge in [-0.25, -0.2) is 0 Å². The number of hydrogen-bond donors (Lipinski definition) is 0. The van der Waals surface area contributed by atoms with Crippen molar-refractivity contribution in [3.63, 3.8) is 0 Å². The molecule has 0 unspecified atom stereocenters. The van der Waals surface area contributed by atoms with Crippen LogP contribution in [0.15, 0.2) is 23.8 Å². The zero-order valence-corrected chi connectivity index (χ0v) is 6.35. The lowest BCUT2D eigenvalue weighted by molar-refractivity contribution is 1.12. The first-order valence-corrected chi connectivity index (χ1v) is 3.46. The second-order valence-electron chi connectivity index (χ2n) is 1.92. The van der Waals surface area contributed by atoms with E-state index in [2.05, 4.69) is 32.1 Å². The molecule has 0 heteroatoms. The first-order valence-electron chi connectivity index (χ1n) is 3.46. The predicted molar refractivity (Wildman–Crippen MR) is 43.2 cm³/mol. The van der Waals surface area contributed by atoms with Crippen LogP contribution in [-0.2, 0) is 0 Å². The van der Waals surface area contributed by atoms with Gasteiger partial charge >= 0.3 is 0 Å². The fraction of sp³-hybridized carbons (Fsp3) is 0.444. The molecule has 0 N–H and O–H groups in total. The zero-order valence-electron chi connectivity index (χ0n) is 6.35. The highest BCUT2D eigenvalue weighted by Crippen LogP contribution is 2.02. The monoisotopic (exact) mass is 123 g/mol. The highest BCUT2D eigenvalue weighted by Gasteiger charge is 1.82. The molecule has 0 nitrogen and oxygen atoms in total. The Kier molecular flexibility index (Phi) is 5.29. The van der Waals surface area contributed by atoms with Crippen LogP contribution in [0.3, 0.4) is 0 Å². The summed E-state index contributed by atoms with van der Waals surface area (Å²) >= 11 is 0. The molecular weight excluding hydrogens is 108 g/mol. The van der Waals surface area contributed by atoms with Crippen LogP contribution in [0, 0.1) is 6.92 Å². The minimum Gasteiger partial charge on any atom is -0.0874 e. The molecule has 0 atom stereocenters. The Labute approximate surface area is 58.3 Å². The molecule has 0 fully saturated rings. The summed E-state index contributed by atoms with van der Waals surface area (Å²) in [5, 5.41) is 0. The van der Waals surface area contributed by atoms with Gasteiger partial charge in [-0.05, 0) is 26.7 Å². The summed E-state index contributed by atoms with van der Waals surface area (Å²) in [5.41, 5.74) is 1.38. The van der Waals surface area contributed by atoms with Crippen molar-refractivity contribution in [3.05, 3.63) is 30.7 Å². The first kappa shape index (κ1) is 8.48. The van der Waals surface area contributed by atoms with Gasteiger partial charge in [-0.1, -0.05) is 30.7 Å². The van der Waals surface area contributed by atoms with Crippen LogP contribution in [-0.4, -0.2) is 0 Å². The molecule has 0 amide bonds. The maximum absolute atomic E-state index is 3.75. The molecule has 0 saturated heterocycles. The van der Waals surface area contributed by atoms with E-state index in [1.54, 1.807) is 0 Å². The van der Waals surface area contributed by atoms with Crippen LogP contribution in [0.25, 0.3) is 0 Å². The molecule has 0 aromatic rings. The fourth-order valence-corrected chi connectivity index (χ4v) is 0.730. The second kappa shape index (κ2) is 5.61. The number of allylic oxidation sites excluding steroid dienone is 4. The second-order valence-corrected chi connectivity index (χ2v) is 1.92. The van der Waals surface area contributed by atoms with Gasteiger partial charge in [-0.15, -0.1) is 0 Å². The Balaban J connectivity index is 3.81. The smallest absolute Gasteiger partial charge is 0.0311 e. The summed E-state index contributed by atoms with van der Waals surface area (Å²) in [6, 6.07) is 0. The Morgan fingerprint density at radius 2 is 2.22 bits per heavy atom. The van der Waals surface area contributed by atoms with Crippen LogP contribution in [0.2, 0.25) is 0 Å². The van der Waals surface area contributed by atoms with Gasteiger partial charge in [0.15, 0.2) is 0 Å². The SMILES string of the molecule is [CH2]CC=C(C=CC)CC.